The van der Waals surface area contributed by atoms with E-state index in [-0.39, 0.29) is 11.7 Å². The second-order valence-electron chi connectivity index (χ2n) is 9.02. The summed E-state index contributed by atoms with van der Waals surface area (Å²) in [6, 6.07) is 21.7. The van der Waals surface area contributed by atoms with Gasteiger partial charge in [0, 0.05) is 24.2 Å². The summed E-state index contributed by atoms with van der Waals surface area (Å²) in [4.78, 5) is 25.6. The van der Waals surface area contributed by atoms with Gasteiger partial charge >= 0.3 is 0 Å². The fourth-order valence-electron chi connectivity index (χ4n) is 4.23. The molecule has 1 amide bonds. The van der Waals surface area contributed by atoms with Crippen LogP contribution in [-0.4, -0.2) is 36.8 Å². The largest absolute Gasteiger partial charge is 0.497 e. The number of carbonyl (C=O) groups excluding carboxylic acids is 2. The zero-order chi connectivity index (χ0) is 27.4. The second-order valence-corrected chi connectivity index (χ2v) is 9.02. The minimum atomic E-state index is 0.0914. The van der Waals surface area contributed by atoms with Crippen molar-refractivity contribution in [1.29, 1.82) is 0 Å². The molecule has 4 nitrogen and oxygen atoms in total. The number of ether oxygens (including phenoxy) is 1. The smallest absolute Gasteiger partial charge is 0.253 e. The van der Waals surface area contributed by atoms with E-state index in [1.165, 1.54) is 16.7 Å². The molecule has 0 unspecified atom stereocenters. The number of rotatable bonds is 5. The van der Waals surface area contributed by atoms with Crippen molar-refractivity contribution in [2.45, 2.75) is 53.4 Å². The molecule has 0 radical (unpaired) electrons. The van der Waals surface area contributed by atoms with E-state index in [1.54, 1.807) is 26.2 Å². The monoisotopic (exact) mass is 499 g/mol. The standard InChI is InChI=1S/C21H25NO2.C10H10O.C2H6/c1-15-4-5-19(14-16(15)2)21(23)22-12-10-18(11-13-22)17-6-8-20(24-3)9-7-17;1-3-9-5-4-6-10(7-9)8(2)11;1-2/h4-9,14,18H,10-13H2,1-3H3;3-7H,1H2,2H3;1-2H3. The van der Waals surface area contributed by atoms with Gasteiger partial charge in [0.15, 0.2) is 5.78 Å². The Balaban J connectivity index is 0.000000311. The summed E-state index contributed by atoms with van der Waals surface area (Å²) in [6.07, 6.45) is 3.76. The van der Waals surface area contributed by atoms with Gasteiger partial charge in [-0.15, -0.1) is 0 Å². The first kappa shape index (κ1) is 29.6. The maximum Gasteiger partial charge on any atom is 0.253 e. The number of aryl methyl sites for hydroxylation is 2. The van der Waals surface area contributed by atoms with Gasteiger partial charge in [0.2, 0.25) is 0 Å². The molecule has 1 fully saturated rings. The van der Waals surface area contributed by atoms with Crippen molar-refractivity contribution in [2.24, 2.45) is 0 Å². The molecule has 0 N–H and O–H groups in total. The van der Waals surface area contributed by atoms with Crippen LogP contribution in [0.25, 0.3) is 6.08 Å². The number of ketones is 1. The lowest BCUT2D eigenvalue weighted by Gasteiger charge is -2.32. The Kier molecular flexibility index (Phi) is 11.8. The van der Waals surface area contributed by atoms with E-state index in [0.29, 0.717) is 5.92 Å². The Bertz CT molecular complexity index is 1170. The number of carbonyl (C=O) groups is 2. The topological polar surface area (TPSA) is 46.6 Å². The zero-order valence-corrected chi connectivity index (χ0v) is 23.2. The van der Waals surface area contributed by atoms with Crippen LogP contribution in [0.4, 0.5) is 0 Å². The Morgan fingerprint density at radius 3 is 2.08 bits per heavy atom. The number of Topliss-reactive ketones (excluding diaryl/α,β-unsaturated/α-hetero) is 1. The molecule has 3 aromatic rings. The maximum absolute atomic E-state index is 12.7. The Morgan fingerprint density at radius 1 is 0.892 bits per heavy atom. The molecule has 1 saturated heterocycles. The predicted octanol–water partition coefficient (Wildman–Crippen LogP) is 7.89. The van der Waals surface area contributed by atoms with Crippen LogP contribution in [0.15, 0.2) is 73.3 Å². The maximum atomic E-state index is 12.7. The van der Waals surface area contributed by atoms with Crippen LogP contribution in [-0.2, 0) is 0 Å². The van der Waals surface area contributed by atoms with Crippen molar-refractivity contribution in [1.82, 2.24) is 4.90 Å². The van der Waals surface area contributed by atoms with Gasteiger partial charge in [0.25, 0.3) is 5.91 Å². The Labute approximate surface area is 223 Å². The van der Waals surface area contributed by atoms with Crippen molar-refractivity contribution in [2.75, 3.05) is 20.2 Å². The molecule has 37 heavy (non-hydrogen) atoms. The third kappa shape index (κ3) is 8.45. The van der Waals surface area contributed by atoms with E-state index in [1.807, 2.05) is 67.3 Å². The highest BCUT2D eigenvalue weighted by Gasteiger charge is 2.24. The zero-order valence-electron chi connectivity index (χ0n) is 23.2. The van der Waals surface area contributed by atoms with E-state index in [9.17, 15) is 9.59 Å². The number of hydrogen-bond donors (Lipinski definition) is 0. The molecule has 1 aliphatic rings. The summed E-state index contributed by atoms with van der Waals surface area (Å²) in [5.74, 6) is 1.67. The van der Waals surface area contributed by atoms with E-state index in [0.717, 1.165) is 48.4 Å². The second kappa shape index (κ2) is 14.8. The molecule has 0 bridgehead atoms. The van der Waals surface area contributed by atoms with Gasteiger partial charge in [-0.05, 0) is 92.1 Å². The molecule has 1 aliphatic heterocycles. The van der Waals surface area contributed by atoms with Crippen molar-refractivity contribution in [3.8, 4) is 5.75 Å². The van der Waals surface area contributed by atoms with Gasteiger partial charge in [-0.1, -0.05) is 62.9 Å². The van der Waals surface area contributed by atoms with Gasteiger partial charge < -0.3 is 9.64 Å². The number of likely N-dealkylation sites (tertiary alicyclic amines) is 1. The summed E-state index contributed by atoms with van der Waals surface area (Å²) >= 11 is 0. The number of nitrogens with zero attached hydrogens (tertiary/aromatic N) is 1. The molecule has 3 aromatic carbocycles. The van der Waals surface area contributed by atoms with Crippen LogP contribution in [0.5, 0.6) is 5.75 Å². The van der Waals surface area contributed by atoms with E-state index < -0.39 is 0 Å². The van der Waals surface area contributed by atoms with Gasteiger partial charge in [-0.2, -0.15) is 0 Å². The first-order valence-electron chi connectivity index (χ1n) is 13.1. The quantitative estimate of drug-likeness (QED) is 0.335. The van der Waals surface area contributed by atoms with Gasteiger partial charge in [-0.3, -0.25) is 9.59 Å². The third-order valence-electron chi connectivity index (χ3n) is 6.65. The van der Waals surface area contributed by atoms with Crippen LogP contribution in [0.3, 0.4) is 0 Å². The van der Waals surface area contributed by atoms with Crippen molar-refractivity contribution < 1.29 is 14.3 Å². The molecule has 0 atom stereocenters. The highest BCUT2D eigenvalue weighted by molar-refractivity contribution is 5.95. The lowest BCUT2D eigenvalue weighted by molar-refractivity contribution is 0.0712. The minimum absolute atomic E-state index is 0.0914. The minimum Gasteiger partial charge on any atom is -0.497 e. The highest BCUT2D eigenvalue weighted by atomic mass is 16.5. The fraction of sp³-hybridized carbons (Fsp3) is 0.333. The lowest BCUT2D eigenvalue weighted by Crippen LogP contribution is -2.37. The average molecular weight is 500 g/mol. The summed E-state index contributed by atoms with van der Waals surface area (Å²) < 4.78 is 5.22. The normalized spacial score (nSPS) is 12.9. The van der Waals surface area contributed by atoms with E-state index in [2.05, 4.69) is 32.6 Å². The van der Waals surface area contributed by atoms with Crippen LogP contribution in [0, 0.1) is 13.8 Å². The summed E-state index contributed by atoms with van der Waals surface area (Å²) in [5, 5.41) is 0. The predicted molar refractivity (Wildman–Crippen MR) is 155 cm³/mol. The van der Waals surface area contributed by atoms with Gasteiger partial charge in [-0.25, -0.2) is 0 Å². The summed E-state index contributed by atoms with van der Waals surface area (Å²) in [6.45, 7) is 15.0. The molecule has 0 spiro atoms. The first-order valence-corrected chi connectivity index (χ1v) is 13.1. The lowest BCUT2D eigenvalue weighted by atomic mass is 9.89. The molecule has 0 aromatic heterocycles. The highest BCUT2D eigenvalue weighted by Crippen LogP contribution is 2.30. The number of hydrogen-bond acceptors (Lipinski definition) is 3. The molecular formula is C33H41NO3. The van der Waals surface area contributed by atoms with Crippen LogP contribution < -0.4 is 4.74 Å². The number of piperidine rings is 1. The van der Waals surface area contributed by atoms with Gasteiger partial charge in [0.05, 0.1) is 7.11 Å². The fourth-order valence-corrected chi connectivity index (χ4v) is 4.23. The molecule has 196 valence electrons. The first-order chi connectivity index (χ1) is 17.8. The van der Waals surface area contributed by atoms with Crippen LogP contribution in [0.1, 0.15) is 82.5 Å². The summed E-state index contributed by atoms with van der Waals surface area (Å²) in [7, 11) is 1.69. The molecular weight excluding hydrogens is 458 g/mol. The molecule has 4 rings (SSSR count). The molecule has 1 heterocycles. The molecule has 4 heteroatoms. The van der Waals surface area contributed by atoms with Gasteiger partial charge in [0.1, 0.15) is 5.75 Å². The third-order valence-corrected chi connectivity index (χ3v) is 6.65. The Morgan fingerprint density at radius 2 is 1.54 bits per heavy atom. The average Bonchev–Trinajstić information content (AvgIpc) is 2.95. The molecule has 0 aliphatic carbocycles. The van der Waals surface area contributed by atoms with Crippen molar-refractivity contribution >= 4 is 17.8 Å². The van der Waals surface area contributed by atoms with E-state index in [4.69, 9.17) is 4.74 Å². The van der Waals surface area contributed by atoms with Crippen LogP contribution in [0.2, 0.25) is 0 Å². The number of methoxy groups -OCH3 is 1. The summed E-state index contributed by atoms with van der Waals surface area (Å²) in [5.41, 5.74) is 6.27. The van der Waals surface area contributed by atoms with E-state index >= 15 is 0 Å². The number of benzene rings is 3. The van der Waals surface area contributed by atoms with Crippen LogP contribution >= 0.6 is 0 Å². The Hall–Kier alpha value is -3.66. The van der Waals surface area contributed by atoms with Crippen molar-refractivity contribution in [3.63, 3.8) is 0 Å². The van der Waals surface area contributed by atoms with Crippen molar-refractivity contribution in [3.05, 3.63) is 107 Å². The number of amides is 1. The SMILES string of the molecule is C=Cc1cccc(C(C)=O)c1.CC.COc1ccc(C2CCN(C(=O)c3ccc(C)c(C)c3)CC2)cc1. The molecule has 0 saturated carbocycles.